The average molecular weight is 280 g/mol. The van der Waals surface area contributed by atoms with Crippen LogP contribution in [0.25, 0.3) is 22.4 Å². The summed E-state index contributed by atoms with van der Waals surface area (Å²) in [4.78, 5) is 23.5. The SMILES string of the molecule is Cc1cc(-c2ncc(C(=O)O)c(N)n2)nc2ccccc12. The molecule has 0 saturated heterocycles. The molecule has 2 heterocycles. The summed E-state index contributed by atoms with van der Waals surface area (Å²) in [5.74, 6) is -0.909. The summed E-state index contributed by atoms with van der Waals surface area (Å²) in [5.41, 5.74) is 7.97. The summed E-state index contributed by atoms with van der Waals surface area (Å²) < 4.78 is 0. The van der Waals surface area contributed by atoms with Gasteiger partial charge in [-0.05, 0) is 24.6 Å². The van der Waals surface area contributed by atoms with Crippen molar-refractivity contribution in [2.24, 2.45) is 0 Å². The number of nitrogens with zero attached hydrogens (tertiary/aromatic N) is 3. The smallest absolute Gasteiger partial charge is 0.341 e. The Hall–Kier alpha value is -3.02. The summed E-state index contributed by atoms with van der Waals surface area (Å²) in [6, 6.07) is 9.61. The monoisotopic (exact) mass is 280 g/mol. The quantitative estimate of drug-likeness (QED) is 0.746. The lowest BCUT2D eigenvalue weighted by Crippen LogP contribution is -2.07. The molecule has 0 aliphatic carbocycles. The van der Waals surface area contributed by atoms with Gasteiger partial charge in [-0.15, -0.1) is 0 Å². The molecule has 0 bridgehead atoms. The van der Waals surface area contributed by atoms with E-state index in [0.29, 0.717) is 11.5 Å². The Morgan fingerprint density at radius 1 is 1.24 bits per heavy atom. The van der Waals surface area contributed by atoms with Crippen molar-refractivity contribution in [1.29, 1.82) is 0 Å². The Balaban J connectivity index is 2.16. The number of para-hydroxylation sites is 1. The predicted molar refractivity (Wildman–Crippen MR) is 78.9 cm³/mol. The van der Waals surface area contributed by atoms with Crippen LogP contribution in [-0.4, -0.2) is 26.0 Å². The van der Waals surface area contributed by atoms with E-state index >= 15 is 0 Å². The van der Waals surface area contributed by atoms with Crippen LogP contribution in [0.3, 0.4) is 0 Å². The fraction of sp³-hybridized carbons (Fsp3) is 0.0667. The van der Waals surface area contributed by atoms with E-state index in [-0.39, 0.29) is 11.4 Å². The molecule has 0 unspecified atom stereocenters. The lowest BCUT2D eigenvalue weighted by Gasteiger charge is -2.06. The van der Waals surface area contributed by atoms with Crippen molar-refractivity contribution in [1.82, 2.24) is 15.0 Å². The second-order valence-corrected chi connectivity index (χ2v) is 4.64. The van der Waals surface area contributed by atoms with E-state index in [1.807, 2.05) is 37.3 Å². The lowest BCUT2D eigenvalue weighted by molar-refractivity contribution is 0.0697. The molecule has 0 atom stereocenters. The van der Waals surface area contributed by atoms with Gasteiger partial charge in [0.15, 0.2) is 5.82 Å². The average Bonchev–Trinajstić information content (AvgIpc) is 2.46. The van der Waals surface area contributed by atoms with E-state index in [0.717, 1.165) is 16.5 Å². The van der Waals surface area contributed by atoms with Gasteiger partial charge in [0, 0.05) is 11.6 Å². The molecular weight excluding hydrogens is 268 g/mol. The van der Waals surface area contributed by atoms with Crippen molar-refractivity contribution in [3.05, 3.63) is 47.7 Å². The van der Waals surface area contributed by atoms with Gasteiger partial charge in [-0.3, -0.25) is 0 Å². The van der Waals surface area contributed by atoms with Gasteiger partial charge in [0.25, 0.3) is 0 Å². The molecular formula is C15H12N4O2. The summed E-state index contributed by atoms with van der Waals surface area (Å²) in [6.07, 6.45) is 1.20. The number of rotatable bonds is 2. The number of benzene rings is 1. The minimum absolute atomic E-state index is 0.0693. The van der Waals surface area contributed by atoms with Crippen LogP contribution in [0.1, 0.15) is 15.9 Å². The van der Waals surface area contributed by atoms with E-state index in [1.54, 1.807) is 0 Å². The summed E-state index contributed by atoms with van der Waals surface area (Å²) >= 11 is 0. The Labute approximate surface area is 120 Å². The van der Waals surface area contributed by atoms with Crippen LogP contribution in [0.4, 0.5) is 5.82 Å². The number of carboxylic acids is 1. The second-order valence-electron chi connectivity index (χ2n) is 4.64. The van der Waals surface area contributed by atoms with Gasteiger partial charge in [-0.2, -0.15) is 0 Å². The summed E-state index contributed by atoms with van der Waals surface area (Å²) in [6.45, 7) is 1.97. The third kappa shape index (κ3) is 2.27. The number of hydrogen-bond donors (Lipinski definition) is 2. The predicted octanol–water partition coefficient (Wildman–Crippen LogP) is 2.28. The summed E-state index contributed by atoms with van der Waals surface area (Å²) in [7, 11) is 0. The van der Waals surface area contributed by atoms with Crippen LogP contribution >= 0.6 is 0 Å². The largest absolute Gasteiger partial charge is 0.477 e. The maximum atomic E-state index is 10.9. The Kier molecular flexibility index (Phi) is 2.98. The highest BCUT2D eigenvalue weighted by Crippen LogP contribution is 2.23. The van der Waals surface area contributed by atoms with E-state index in [1.165, 1.54) is 6.20 Å². The molecule has 0 aliphatic rings. The number of nitrogens with two attached hydrogens (primary N) is 1. The number of hydrogen-bond acceptors (Lipinski definition) is 5. The molecule has 0 amide bonds. The number of aryl methyl sites for hydroxylation is 1. The fourth-order valence-electron chi connectivity index (χ4n) is 2.15. The van der Waals surface area contributed by atoms with Crippen LogP contribution in [0.2, 0.25) is 0 Å². The number of carbonyl (C=O) groups is 1. The highest BCUT2D eigenvalue weighted by atomic mass is 16.4. The van der Waals surface area contributed by atoms with E-state index in [9.17, 15) is 4.79 Å². The van der Waals surface area contributed by atoms with Gasteiger partial charge in [0.05, 0.1) is 5.52 Å². The molecule has 3 N–H and O–H groups in total. The standard InChI is InChI=1S/C15H12N4O2/c1-8-6-12(18-11-5-3-2-4-9(8)11)14-17-7-10(15(20)21)13(16)19-14/h2-7H,1H3,(H,20,21)(H2,16,17,19). The number of pyridine rings is 1. The van der Waals surface area contributed by atoms with Crippen LogP contribution in [0.5, 0.6) is 0 Å². The minimum Gasteiger partial charge on any atom is -0.477 e. The van der Waals surface area contributed by atoms with Crippen molar-refractivity contribution in [3.8, 4) is 11.5 Å². The van der Waals surface area contributed by atoms with Gasteiger partial charge in [-0.25, -0.2) is 19.7 Å². The molecule has 0 spiro atoms. The van der Waals surface area contributed by atoms with Crippen molar-refractivity contribution in [2.45, 2.75) is 6.92 Å². The number of carboxylic acid groups (broad SMARTS) is 1. The molecule has 1 aromatic carbocycles. The van der Waals surface area contributed by atoms with Gasteiger partial charge < -0.3 is 10.8 Å². The van der Waals surface area contributed by atoms with Gasteiger partial charge >= 0.3 is 5.97 Å². The van der Waals surface area contributed by atoms with Crippen molar-refractivity contribution in [3.63, 3.8) is 0 Å². The van der Waals surface area contributed by atoms with Crippen LogP contribution in [0, 0.1) is 6.92 Å². The normalized spacial score (nSPS) is 10.7. The topological polar surface area (TPSA) is 102 Å². The lowest BCUT2D eigenvalue weighted by atomic mass is 10.1. The van der Waals surface area contributed by atoms with Crippen molar-refractivity contribution in [2.75, 3.05) is 5.73 Å². The highest BCUT2D eigenvalue weighted by molar-refractivity contribution is 5.92. The van der Waals surface area contributed by atoms with Crippen LogP contribution < -0.4 is 5.73 Å². The number of anilines is 1. The van der Waals surface area contributed by atoms with E-state index in [4.69, 9.17) is 10.8 Å². The summed E-state index contributed by atoms with van der Waals surface area (Å²) in [5, 5.41) is 9.99. The van der Waals surface area contributed by atoms with E-state index < -0.39 is 5.97 Å². The first-order valence-corrected chi connectivity index (χ1v) is 6.29. The maximum Gasteiger partial charge on any atom is 0.341 e. The van der Waals surface area contributed by atoms with Crippen molar-refractivity contribution < 1.29 is 9.90 Å². The molecule has 0 aliphatic heterocycles. The number of fused-ring (bicyclic) bond motifs is 1. The molecule has 104 valence electrons. The molecule has 6 heteroatoms. The van der Waals surface area contributed by atoms with Gasteiger partial charge in [-0.1, -0.05) is 18.2 Å². The van der Waals surface area contributed by atoms with Gasteiger partial charge in [0.1, 0.15) is 17.1 Å². The van der Waals surface area contributed by atoms with Gasteiger partial charge in [0.2, 0.25) is 0 Å². The number of aromatic carboxylic acids is 1. The molecule has 3 aromatic rings. The molecule has 21 heavy (non-hydrogen) atoms. The molecule has 6 nitrogen and oxygen atoms in total. The third-order valence-electron chi connectivity index (χ3n) is 3.20. The number of nitrogen functional groups attached to an aromatic ring is 1. The van der Waals surface area contributed by atoms with Crippen molar-refractivity contribution >= 4 is 22.7 Å². The first-order chi connectivity index (χ1) is 10.1. The Bertz CT molecular complexity index is 861. The molecule has 0 radical (unpaired) electrons. The fourth-order valence-corrected chi connectivity index (χ4v) is 2.15. The zero-order chi connectivity index (χ0) is 15.0. The molecule has 2 aromatic heterocycles. The van der Waals surface area contributed by atoms with Crippen LogP contribution in [0.15, 0.2) is 36.5 Å². The molecule has 3 rings (SSSR count). The van der Waals surface area contributed by atoms with E-state index in [2.05, 4.69) is 15.0 Å². The first kappa shape index (κ1) is 13.0. The Morgan fingerprint density at radius 3 is 2.71 bits per heavy atom. The highest BCUT2D eigenvalue weighted by Gasteiger charge is 2.13. The zero-order valence-corrected chi connectivity index (χ0v) is 11.2. The minimum atomic E-state index is -1.15. The number of aromatic nitrogens is 3. The molecule has 0 saturated carbocycles. The van der Waals surface area contributed by atoms with Crippen LogP contribution in [-0.2, 0) is 0 Å². The first-order valence-electron chi connectivity index (χ1n) is 6.29. The molecule has 0 fully saturated rings. The third-order valence-corrected chi connectivity index (χ3v) is 3.20. The maximum absolute atomic E-state index is 10.9. The Morgan fingerprint density at radius 2 is 2.00 bits per heavy atom. The second kappa shape index (κ2) is 4.82. The zero-order valence-electron chi connectivity index (χ0n) is 11.2.